The molecule has 5 nitrogen and oxygen atoms in total. The Balaban J connectivity index is 2.14. The van der Waals surface area contributed by atoms with Crippen LogP contribution in [0.15, 0.2) is 0 Å². The van der Waals surface area contributed by atoms with Crippen LogP contribution in [0.1, 0.15) is 38.5 Å². The largest absolute Gasteiger partial charge is 0.469 e. The number of hydrogen-bond acceptors (Lipinski definition) is 4. The Hall–Kier alpha value is -1.26. The molecule has 0 radical (unpaired) electrons. The van der Waals surface area contributed by atoms with Gasteiger partial charge in [0.25, 0.3) is 0 Å². The fourth-order valence-corrected chi connectivity index (χ4v) is 3.42. The topological polar surface area (TPSA) is 64.6 Å². The van der Waals surface area contributed by atoms with E-state index >= 15 is 0 Å². The van der Waals surface area contributed by atoms with E-state index in [4.69, 9.17) is 4.74 Å². The quantitative estimate of drug-likeness (QED) is 0.746. The molecule has 2 bridgehead atoms. The normalized spacial score (nSPS) is 35.2. The van der Waals surface area contributed by atoms with Crippen molar-refractivity contribution in [3.8, 4) is 0 Å². The number of fused-ring (bicyclic) bond motifs is 2. The van der Waals surface area contributed by atoms with Crippen LogP contribution in [0.4, 0.5) is 4.79 Å². The van der Waals surface area contributed by atoms with Gasteiger partial charge >= 0.3 is 12.1 Å². The van der Waals surface area contributed by atoms with E-state index in [1.807, 2.05) is 0 Å². The van der Waals surface area contributed by atoms with Crippen LogP contribution in [0.3, 0.4) is 0 Å². The minimum Gasteiger partial charge on any atom is -0.469 e. The molecule has 0 saturated heterocycles. The number of carbonyl (C=O) groups excluding carboxylic acids is 2. The predicted octanol–water partition coefficient (Wildman–Crippen LogP) is 1.61. The summed E-state index contributed by atoms with van der Waals surface area (Å²) in [5.41, 5.74) is -0.645. The van der Waals surface area contributed by atoms with Gasteiger partial charge in [-0.2, -0.15) is 0 Å². The van der Waals surface area contributed by atoms with Crippen molar-refractivity contribution in [3.05, 3.63) is 0 Å². The molecule has 0 aromatic heterocycles. The van der Waals surface area contributed by atoms with Gasteiger partial charge in [0.15, 0.2) is 0 Å². The summed E-state index contributed by atoms with van der Waals surface area (Å²) in [5, 5.41) is 2.91. The Labute approximate surface area is 101 Å². The molecule has 96 valence electrons. The molecule has 1 amide bonds. The second-order valence-corrected chi connectivity index (χ2v) is 5.20. The minimum atomic E-state index is -0.410. The molecule has 0 heterocycles. The number of rotatable bonds is 2. The summed E-state index contributed by atoms with van der Waals surface area (Å²) >= 11 is 0. The lowest BCUT2D eigenvalue weighted by atomic mass is 9.73. The van der Waals surface area contributed by atoms with E-state index in [9.17, 15) is 9.59 Å². The molecule has 0 aliphatic heterocycles. The number of alkyl carbamates (subject to hydrolysis) is 1. The molecule has 1 N–H and O–H groups in total. The third kappa shape index (κ3) is 1.98. The first kappa shape index (κ1) is 12.2. The van der Waals surface area contributed by atoms with Crippen molar-refractivity contribution in [2.45, 2.75) is 44.1 Å². The summed E-state index contributed by atoms with van der Waals surface area (Å²) in [6.07, 6.45) is 4.62. The maximum absolute atomic E-state index is 11.9. The molecule has 0 spiro atoms. The third-order valence-electron chi connectivity index (χ3n) is 4.24. The highest BCUT2D eigenvalue weighted by Crippen LogP contribution is 2.54. The van der Waals surface area contributed by atoms with Crippen molar-refractivity contribution in [1.82, 2.24) is 5.32 Å². The SMILES string of the molecule is COC(=O)NC12CCCC(C(=O)OC)(CC1)C2. The van der Waals surface area contributed by atoms with Gasteiger partial charge in [-0.15, -0.1) is 0 Å². The van der Waals surface area contributed by atoms with Crippen LogP contribution >= 0.6 is 0 Å². The molecular formula is C12H19NO4. The van der Waals surface area contributed by atoms with Gasteiger partial charge in [0.2, 0.25) is 0 Å². The smallest absolute Gasteiger partial charge is 0.407 e. The maximum atomic E-state index is 11.9. The van der Waals surface area contributed by atoms with Crippen molar-refractivity contribution in [1.29, 1.82) is 0 Å². The highest BCUT2D eigenvalue weighted by molar-refractivity contribution is 5.78. The zero-order valence-electron chi connectivity index (χ0n) is 10.4. The molecule has 2 aliphatic rings. The second-order valence-electron chi connectivity index (χ2n) is 5.20. The Morgan fingerprint density at radius 1 is 1.06 bits per heavy atom. The average molecular weight is 241 g/mol. The number of nitrogens with one attached hydrogen (secondary N) is 1. The summed E-state index contributed by atoms with van der Waals surface area (Å²) in [5.74, 6) is -0.134. The molecule has 2 atom stereocenters. The number of methoxy groups -OCH3 is 2. The average Bonchev–Trinajstić information content (AvgIpc) is 2.60. The number of carbonyl (C=O) groups is 2. The van der Waals surface area contributed by atoms with Crippen molar-refractivity contribution < 1.29 is 19.1 Å². The third-order valence-corrected chi connectivity index (χ3v) is 4.24. The Morgan fingerprint density at radius 2 is 1.82 bits per heavy atom. The van der Waals surface area contributed by atoms with Crippen molar-refractivity contribution in [2.24, 2.45) is 5.41 Å². The van der Waals surface area contributed by atoms with Gasteiger partial charge < -0.3 is 14.8 Å². The van der Waals surface area contributed by atoms with Gasteiger partial charge in [0, 0.05) is 5.54 Å². The molecule has 5 heteroatoms. The Kier molecular flexibility index (Phi) is 3.02. The molecule has 2 aliphatic carbocycles. The fourth-order valence-electron chi connectivity index (χ4n) is 3.42. The molecule has 2 fully saturated rings. The minimum absolute atomic E-state index is 0.134. The maximum Gasteiger partial charge on any atom is 0.407 e. The molecule has 17 heavy (non-hydrogen) atoms. The van der Waals surface area contributed by atoms with E-state index in [0.717, 1.165) is 32.1 Å². The lowest BCUT2D eigenvalue weighted by molar-refractivity contribution is -0.154. The highest BCUT2D eigenvalue weighted by Gasteiger charge is 2.56. The lowest BCUT2D eigenvalue weighted by Gasteiger charge is -2.37. The second kappa shape index (κ2) is 4.20. The van der Waals surface area contributed by atoms with Crippen molar-refractivity contribution in [3.63, 3.8) is 0 Å². The highest BCUT2D eigenvalue weighted by atomic mass is 16.5. The molecule has 2 unspecified atom stereocenters. The van der Waals surface area contributed by atoms with Crippen LogP contribution < -0.4 is 5.32 Å². The van der Waals surface area contributed by atoms with Gasteiger partial charge in [-0.05, 0) is 38.5 Å². The van der Waals surface area contributed by atoms with E-state index in [0.29, 0.717) is 6.42 Å². The zero-order valence-corrected chi connectivity index (χ0v) is 10.4. The van der Waals surface area contributed by atoms with Crippen LogP contribution in [-0.4, -0.2) is 31.8 Å². The van der Waals surface area contributed by atoms with E-state index < -0.39 is 6.09 Å². The van der Waals surface area contributed by atoms with E-state index in [-0.39, 0.29) is 16.9 Å². The molecule has 2 rings (SSSR count). The molecule has 0 aromatic carbocycles. The van der Waals surface area contributed by atoms with Crippen LogP contribution in [-0.2, 0) is 14.3 Å². The standard InChI is InChI=1S/C12H19NO4/c1-16-9(14)11-4-3-5-12(8-11,7-6-11)13-10(15)17-2/h3-8H2,1-2H3,(H,13,15). The van der Waals surface area contributed by atoms with Gasteiger partial charge in [0.05, 0.1) is 19.6 Å². The van der Waals surface area contributed by atoms with Crippen molar-refractivity contribution in [2.75, 3.05) is 14.2 Å². The van der Waals surface area contributed by atoms with Crippen LogP contribution in [0.5, 0.6) is 0 Å². The first-order valence-electron chi connectivity index (χ1n) is 6.00. The zero-order chi connectivity index (χ0) is 12.5. The van der Waals surface area contributed by atoms with Gasteiger partial charge in [-0.25, -0.2) is 4.79 Å². The first-order chi connectivity index (χ1) is 8.06. The number of ether oxygens (including phenoxy) is 2. The first-order valence-corrected chi connectivity index (χ1v) is 6.00. The Bertz CT molecular complexity index is 343. The van der Waals surface area contributed by atoms with Gasteiger partial charge in [0.1, 0.15) is 0 Å². The summed E-state index contributed by atoms with van der Waals surface area (Å²) in [7, 11) is 2.79. The Morgan fingerprint density at radius 3 is 2.47 bits per heavy atom. The van der Waals surface area contributed by atoms with Crippen molar-refractivity contribution >= 4 is 12.1 Å². The lowest BCUT2D eigenvalue weighted by Crippen LogP contribution is -2.50. The summed E-state index contributed by atoms with van der Waals surface area (Å²) in [6.45, 7) is 0. The molecule has 2 saturated carbocycles. The number of amides is 1. The van der Waals surface area contributed by atoms with Gasteiger partial charge in [-0.3, -0.25) is 4.79 Å². The monoisotopic (exact) mass is 241 g/mol. The van der Waals surface area contributed by atoms with Crippen LogP contribution in [0.25, 0.3) is 0 Å². The predicted molar refractivity (Wildman–Crippen MR) is 60.4 cm³/mol. The van der Waals surface area contributed by atoms with Crippen LogP contribution in [0, 0.1) is 5.41 Å². The van der Waals surface area contributed by atoms with Gasteiger partial charge in [-0.1, -0.05) is 0 Å². The summed E-state index contributed by atoms with van der Waals surface area (Å²) < 4.78 is 9.56. The number of hydrogen-bond donors (Lipinski definition) is 1. The van der Waals surface area contributed by atoms with E-state index in [1.54, 1.807) is 0 Å². The molecular weight excluding hydrogens is 222 g/mol. The van der Waals surface area contributed by atoms with E-state index in [1.165, 1.54) is 14.2 Å². The fraction of sp³-hybridized carbons (Fsp3) is 0.833. The van der Waals surface area contributed by atoms with E-state index in [2.05, 4.69) is 10.1 Å². The molecule has 0 aromatic rings. The number of esters is 1. The summed E-state index contributed by atoms with van der Waals surface area (Å²) in [6, 6.07) is 0. The summed E-state index contributed by atoms with van der Waals surface area (Å²) in [4.78, 5) is 23.2. The van der Waals surface area contributed by atoms with Crippen LogP contribution in [0.2, 0.25) is 0 Å².